The van der Waals surface area contributed by atoms with Crippen molar-refractivity contribution in [2.24, 2.45) is 0 Å². The normalized spacial score (nSPS) is 10.2. The van der Waals surface area contributed by atoms with Crippen LogP contribution < -0.4 is 0 Å². The zero-order chi connectivity index (χ0) is 9.14. The zero-order valence-corrected chi connectivity index (χ0v) is 7.26. The molecule has 0 amide bonds. The highest BCUT2D eigenvalue weighted by molar-refractivity contribution is 5.90. The summed E-state index contributed by atoms with van der Waals surface area (Å²) in [6.45, 7) is 3.79. The van der Waals surface area contributed by atoms with Gasteiger partial charge < -0.3 is 9.52 Å². The number of aryl methyl sites for hydroxylation is 2. The van der Waals surface area contributed by atoms with Gasteiger partial charge in [0.25, 0.3) is 0 Å². The van der Waals surface area contributed by atoms with Crippen molar-refractivity contribution in [3.63, 3.8) is 0 Å². The second kappa shape index (κ2) is 3.43. The average molecular weight is 168 g/mol. The molecule has 3 heteroatoms. The number of carboxylic acid groups (broad SMARTS) is 1. The minimum Gasteiger partial charge on any atom is -0.478 e. The van der Waals surface area contributed by atoms with Crippen molar-refractivity contribution < 1.29 is 14.3 Å². The molecule has 1 rings (SSSR count). The van der Waals surface area contributed by atoms with Crippen molar-refractivity contribution in [2.45, 2.75) is 26.7 Å². The Labute approximate surface area is 71.0 Å². The molecule has 0 atom stereocenters. The Morgan fingerprint density at radius 3 is 2.58 bits per heavy atom. The van der Waals surface area contributed by atoms with Crippen LogP contribution in [0, 0.1) is 0 Å². The molecule has 0 saturated heterocycles. The molecule has 1 heterocycles. The lowest BCUT2D eigenvalue weighted by Gasteiger charge is -1.95. The monoisotopic (exact) mass is 168 g/mol. The predicted octanol–water partition coefficient (Wildman–Crippen LogP) is 2.10. The van der Waals surface area contributed by atoms with Gasteiger partial charge in [0.1, 0.15) is 11.3 Å². The van der Waals surface area contributed by atoms with E-state index in [2.05, 4.69) is 0 Å². The Bertz CT molecular complexity index is 264. The number of aromatic carboxylic acids is 1. The van der Waals surface area contributed by atoms with Crippen LogP contribution in [0.1, 0.15) is 35.5 Å². The maximum absolute atomic E-state index is 10.8. The molecule has 1 N–H and O–H groups in total. The van der Waals surface area contributed by atoms with Gasteiger partial charge in [-0.3, -0.25) is 0 Å². The summed E-state index contributed by atoms with van der Waals surface area (Å²) < 4.78 is 5.12. The second-order valence-corrected chi connectivity index (χ2v) is 2.57. The Balaban J connectivity index is 3.16. The fourth-order valence-electron chi connectivity index (χ4n) is 1.22. The van der Waals surface area contributed by atoms with Crippen LogP contribution in [0.5, 0.6) is 0 Å². The molecule has 0 saturated carbocycles. The number of hydrogen-bond donors (Lipinski definition) is 1. The van der Waals surface area contributed by atoms with Gasteiger partial charge in [0.15, 0.2) is 0 Å². The van der Waals surface area contributed by atoms with Crippen LogP contribution in [0.3, 0.4) is 0 Å². The van der Waals surface area contributed by atoms with Crippen molar-refractivity contribution in [2.75, 3.05) is 0 Å². The molecule has 0 aliphatic heterocycles. The number of rotatable bonds is 3. The van der Waals surface area contributed by atoms with Crippen LogP contribution in [0.2, 0.25) is 0 Å². The lowest BCUT2D eigenvalue weighted by atomic mass is 10.1. The number of hydrogen-bond acceptors (Lipinski definition) is 2. The van der Waals surface area contributed by atoms with Crippen LogP contribution in [-0.2, 0) is 12.8 Å². The minimum absolute atomic E-state index is 0.347. The molecule has 1 aromatic rings. The number of furan rings is 1. The lowest BCUT2D eigenvalue weighted by molar-refractivity contribution is 0.0693. The van der Waals surface area contributed by atoms with Gasteiger partial charge in [-0.1, -0.05) is 13.8 Å². The predicted molar refractivity (Wildman–Crippen MR) is 44.4 cm³/mol. The molecule has 3 nitrogen and oxygen atoms in total. The number of carbonyl (C=O) groups is 1. The smallest absolute Gasteiger partial charge is 0.339 e. The van der Waals surface area contributed by atoms with Crippen molar-refractivity contribution in [3.05, 3.63) is 23.2 Å². The van der Waals surface area contributed by atoms with E-state index in [9.17, 15) is 4.79 Å². The van der Waals surface area contributed by atoms with Crippen molar-refractivity contribution in [3.8, 4) is 0 Å². The fraction of sp³-hybridized carbons (Fsp3) is 0.444. The summed E-state index contributed by atoms with van der Waals surface area (Å²) in [6.07, 6.45) is 2.86. The topological polar surface area (TPSA) is 50.4 Å². The highest BCUT2D eigenvalue weighted by atomic mass is 16.4. The third kappa shape index (κ3) is 1.35. The third-order valence-corrected chi connectivity index (χ3v) is 1.86. The van der Waals surface area contributed by atoms with Crippen molar-refractivity contribution in [1.29, 1.82) is 0 Å². The first-order valence-electron chi connectivity index (χ1n) is 4.03. The summed E-state index contributed by atoms with van der Waals surface area (Å²) >= 11 is 0. The first kappa shape index (κ1) is 8.84. The summed E-state index contributed by atoms with van der Waals surface area (Å²) in [7, 11) is 0. The van der Waals surface area contributed by atoms with Gasteiger partial charge >= 0.3 is 5.97 Å². The zero-order valence-electron chi connectivity index (χ0n) is 7.26. The molecule has 1 aromatic heterocycles. The summed E-state index contributed by atoms with van der Waals surface area (Å²) in [6, 6.07) is 0. The van der Waals surface area contributed by atoms with Crippen molar-refractivity contribution in [1.82, 2.24) is 0 Å². The van der Waals surface area contributed by atoms with Gasteiger partial charge in [0.05, 0.1) is 6.26 Å². The Kier molecular flexibility index (Phi) is 2.53. The Morgan fingerprint density at radius 1 is 1.50 bits per heavy atom. The summed E-state index contributed by atoms with van der Waals surface area (Å²) in [5, 5.41) is 8.84. The SMILES string of the molecule is CCc1coc(CC)c1C(=O)O. The van der Waals surface area contributed by atoms with E-state index in [1.807, 2.05) is 13.8 Å². The Morgan fingerprint density at radius 2 is 2.17 bits per heavy atom. The second-order valence-electron chi connectivity index (χ2n) is 2.57. The van der Waals surface area contributed by atoms with E-state index in [1.54, 1.807) is 0 Å². The first-order valence-corrected chi connectivity index (χ1v) is 4.03. The highest BCUT2D eigenvalue weighted by Gasteiger charge is 2.16. The fourth-order valence-corrected chi connectivity index (χ4v) is 1.22. The van der Waals surface area contributed by atoms with E-state index < -0.39 is 5.97 Å². The van der Waals surface area contributed by atoms with Crippen LogP contribution in [0.15, 0.2) is 10.7 Å². The van der Waals surface area contributed by atoms with Crippen LogP contribution in [-0.4, -0.2) is 11.1 Å². The van der Waals surface area contributed by atoms with Crippen molar-refractivity contribution >= 4 is 5.97 Å². The molecule has 0 bridgehead atoms. The summed E-state index contributed by atoms with van der Waals surface area (Å²) in [4.78, 5) is 10.8. The van der Waals surface area contributed by atoms with Gasteiger partial charge in [-0.05, 0) is 6.42 Å². The highest BCUT2D eigenvalue weighted by Crippen LogP contribution is 2.18. The van der Waals surface area contributed by atoms with E-state index in [-0.39, 0.29) is 0 Å². The van der Waals surface area contributed by atoms with Crippen LogP contribution in [0.25, 0.3) is 0 Å². The molecule has 12 heavy (non-hydrogen) atoms. The molecular formula is C9H12O3. The summed E-state index contributed by atoms with van der Waals surface area (Å²) in [5.74, 6) is -0.322. The molecule has 66 valence electrons. The molecule has 0 unspecified atom stereocenters. The van der Waals surface area contributed by atoms with Gasteiger partial charge in [0, 0.05) is 12.0 Å². The Hall–Kier alpha value is -1.25. The van der Waals surface area contributed by atoms with Gasteiger partial charge in [-0.15, -0.1) is 0 Å². The quantitative estimate of drug-likeness (QED) is 0.751. The van der Waals surface area contributed by atoms with Crippen LogP contribution >= 0.6 is 0 Å². The molecular weight excluding hydrogens is 156 g/mol. The standard InChI is InChI=1S/C9H12O3/c1-3-6-5-12-7(4-2)8(6)9(10)11/h5H,3-4H2,1-2H3,(H,10,11). The third-order valence-electron chi connectivity index (χ3n) is 1.86. The van der Waals surface area contributed by atoms with E-state index in [0.717, 1.165) is 5.56 Å². The van der Waals surface area contributed by atoms with E-state index in [0.29, 0.717) is 24.2 Å². The largest absolute Gasteiger partial charge is 0.478 e. The lowest BCUT2D eigenvalue weighted by Crippen LogP contribution is -2.01. The first-order chi connectivity index (χ1) is 5.70. The number of carboxylic acids is 1. The van der Waals surface area contributed by atoms with Crippen LogP contribution in [0.4, 0.5) is 0 Å². The van der Waals surface area contributed by atoms with Gasteiger partial charge in [-0.2, -0.15) is 0 Å². The average Bonchev–Trinajstić information content (AvgIpc) is 2.46. The molecule has 0 spiro atoms. The molecule has 0 aromatic carbocycles. The maximum Gasteiger partial charge on any atom is 0.339 e. The molecule has 0 aliphatic carbocycles. The molecule has 0 fully saturated rings. The molecule has 0 aliphatic rings. The van der Waals surface area contributed by atoms with Gasteiger partial charge in [-0.25, -0.2) is 4.79 Å². The summed E-state index contributed by atoms with van der Waals surface area (Å²) in [5.41, 5.74) is 1.12. The van der Waals surface area contributed by atoms with Gasteiger partial charge in [0.2, 0.25) is 0 Å². The van der Waals surface area contributed by atoms with E-state index >= 15 is 0 Å². The molecule has 0 radical (unpaired) electrons. The van der Waals surface area contributed by atoms with E-state index in [1.165, 1.54) is 6.26 Å². The minimum atomic E-state index is -0.891. The maximum atomic E-state index is 10.8. The van der Waals surface area contributed by atoms with E-state index in [4.69, 9.17) is 9.52 Å².